The monoisotopic (exact) mass is 556 g/mol. The summed E-state index contributed by atoms with van der Waals surface area (Å²) in [6, 6.07) is 22.7. The zero-order chi connectivity index (χ0) is 27.6. The zero-order valence-electron chi connectivity index (χ0n) is 22.2. The molecule has 0 bridgehead atoms. The van der Waals surface area contributed by atoms with Crippen LogP contribution >= 0.6 is 11.8 Å². The van der Waals surface area contributed by atoms with Crippen molar-refractivity contribution < 1.29 is 19.4 Å². The molecule has 1 fully saturated rings. The van der Waals surface area contributed by atoms with Crippen LogP contribution < -0.4 is 10.1 Å². The first-order valence-electron chi connectivity index (χ1n) is 13.3. The highest BCUT2D eigenvalue weighted by Crippen LogP contribution is 2.29. The maximum Gasteiger partial charge on any atom is 0.335 e. The predicted octanol–water partition coefficient (Wildman–Crippen LogP) is 6.09. The van der Waals surface area contributed by atoms with E-state index in [9.17, 15) is 9.90 Å². The molecule has 1 aliphatic heterocycles. The number of ether oxygens (including phenoxy) is 2. The van der Waals surface area contributed by atoms with Crippen molar-refractivity contribution in [2.24, 2.45) is 0 Å². The quantitative estimate of drug-likeness (QED) is 0.159. The van der Waals surface area contributed by atoms with Gasteiger partial charge in [-0.2, -0.15) is 11.8 Å². The van der Waals surface area contributed by atoms with Crippen molar-refractivity contribution >= 4 is 45.7 Å². The Labute approximate surface area is 238 Å². The number of nitrogens with zero attached hydrogens (tertiary/aromatic N) is 3. The van der Waals surface area contributed by atoms with Crippen molar-refractivity contribution in [2.45, 2.75) is 6.42 Å². The lowest BCUT2D eigenvalue weighted by atomic mass is 10.0. The first-order chi connectivity index (χ1) is 19.7. The molecule has 0 amide bonds. The van der Waals surface area contributed by atoms with Gasteiger partial charge in [-0.3, -0.25) is 4.90 Å². The van der Waals surface area contributed by atoms with E-state index in [1.54, 1.807) is 23.9 Å². The maximum absolute atomic E-state index is 12.1. The van der Waals surface area contributed by atoms with Crippen LogP contribution in [0.25, 0.3) is 16.5 Å². The molecule has 8 nitrogen and oxygen atoms in total. The van der Waals surface area contributed by atoms with Crippen LogP contribution in [0.1, 0.15) is 12.0 Å². The number of aromatic nitrogens is 2. The van der Waals surface area contributed by atoms with Crippen molar-refractivity contribution in [1.82, 2.24) is 14.9 Å². The number of anilines is 2. The van der Waals surface area contributed by atoms with Crippen LogP contribution in [0.15, 0.2) is 85.2 Å². The van der Waals surface area contributed by atoms with Gasteiger partial charge in [-0.15, -0.1) is 0 Å². The third kappa shape index (κ3) is 7.59. The average molecular weight is 557 g/mol. The van der Waals surface area contributed by atoms with E-state index in [1.165, 1.54) is 6.33 Å². The van der Waals surface area contributed by atoms with Gasteiger partial charge in [-0.05, 0) is 72.8 Å². The number of carboxylic acids is 1. The number of benzene rings is 3. The van der Waals surface area contributed by atoms with Crippen LogP contribution in [0, 0.1) is 0 Å². The first kappa shape index (κ1) is 27.6. The number of para-hydroxylation sites is 1. The van der Waals surface area contributed by atoms with E-state index in [0.717, 1.165) is 73.1 Å². The first-order valence-corrected chi connectivity index (χ1v) is 14.5. The molecule has 2 N–H and O–H groups in total. The van der Waals surface area contributed by atoms with E-state index in [-0.39, 0.29) is 5.57 Å². The molecule has 1 aromatic heterocycles. The number of rotatable bonds is 12. The summed E-state index contributed by atoms with van der Waals surface area (Å²) in [5.41, 5.74) is 2.46. The Kier molecular flexibility index (Phi) is 9.63. The lowest BCUT2D eigenvalue weighted by Crippen LogP contribution is -2.36. The van der Waals surface area contributed by atoms with Crippen LogP contribution in [-0.4, -0.2) is 70.3 Å². The van der Waals surface area contributed by atoms with Crippen LogP contribution in [0.2, 0.25) is 0 Å². The lowest BCUT2D eigenvalue weighted by molar-refractivity contribution is -0.130. The molecule has 0 radical (unpaired) electrons. The molecule has 0 aliphatic carbocycles. The number of carboxylic acid groups (broad SMARTS) is 1. The van der Waals surface area contributed by atoms with E-state index in [4.69, 9.17) is 9.47 Å². The van der Waals surface area contributed by atoms with Crippen molar-refractivity contribution in [1.29, 1.82) is 0 Å². The van der Waals surface area contributed by atoms with Gasteiger partial charge in [-0.1, -0.05) is 30.3 Å². The molecule has 2 heterocycles. The van der Waals surface area contributed by atoms with E-state index in [2.05, 4.69) is 20.2 Å². The summed E-state index contributed by atoms with van der Waals surface area (Å²) in [4.78, 5) is 23.4. The van der Waals surface area contributed by atoms with Gasteiger partial charge in [0.2, 0.25) is 0 Å². The molecule has 0 atom stereocenters. The highest BCUT2D eigenvalue weighted by atomic mass is 32.2. The van der Waals surface area contributed by atoms with Crippen LogP contribution in [0.3, 0.4) is 0 Å². The number of hydrogen-bond donors (Lipinski definition) is 2. The third-order valence-corrected chi connectivity index (χ3v) is 7.52. The minimum atomic E-state index is -0.950. The van der Waals surface area contributed by atoms with E-state index < -0.39 is 5.97 Å². The number of hydrogen-bond acceptors (Lipinski definition) is 8. The molecule has 1 aliphatic rings. The zero-order valence-corrected chi connectivity index (χ0v) is 23.0. The van der Waals surface area contributed by atoms with Crippen LogP contribution in [-0.2, 0) is 9.53 Å². The standard InChI is InChI=1S/C31H32N4O4S/c36-31(37)27(13-20-40-19-4-14-35-15-17-38-18-16-35)23-7-12-29-28(21-23)30(33-22-32-29)34-24-8-10-26(11-9-24)39-25-5-2-1-3-6-25/h1-3,5-13,21-22H,4,14-20H2,(H,36,37)(H,32,33,34). The third-order valence-electron chi connectivity index (χ3n) is 6.54. The Morgan fingerprint density at radius 3 is 2.58 bits per heavy atom. The molecule has 0 saturated carbocycles. The van der Waals surface area contributed by atoms with Gasteiger partial charge in [-0.25, -0.2) is 14.8 Å². The van der Waals surface area contributed by atoms with Gasteiger partial charge in [0.15, 0.2) is 0 Å². The van der Waals surface area contributed by atoms with Gasteiger partial charge in [0.1, 0.15) is 23.6 Å². The average Bonchev–Trinajstić information content (AvgIpc) is 2.99. The summed E-state index contributed by atoms with van der Waals surface area (Å²) >= 11 is 1.75. The number of nitrogens with one attached hydrogen (secondary N) is 1. The Hall–Kier alpha value is -3.92. The minimum Gasteiger partial charge on any atom is -0.478 e. The van der Waals surface area contributed by atoms with E-state index in [1.807, 2.05) is 66.7 Å². The number of fused-ring (bicyclic) bond motifs is 1. The highest BCUT2D eigenvalue weighted by molar-refractivity contribution is 7.99. The fourth-order valence-electron chi connectivity index (χ4n) is 4.46. The van der Waals surface area contributed by atoms with Crippen LogP contribution in [0.5, 0.6) is 11.5 Å². The SMILES string of the molecule is O=C(O)C(=CCSCCCN1CCOCC1)c1ccc2ncnc(Nc3ccc(Oc4ccccc4)cc3)c2c1. The van der Waals surface area contributed by atoms with Crippen molar-refractivity contribution in [3.8, 4) is 11.5 Å². The number of morpholine rings is 1. The molecule has 0 spiro atoms. The maximum atomic E-state index is 12.1. The van der Waals surface area contributed by atoms with Gasteiger partial charge >= 0.3 is 5.97 Å². The minimum absolute atomic E-state index is 0.278. The van der Waals surface area contributed by atoms with Gasteiger partial charge < -0.3 is 19.9 Å². The Morgan fingerprint density at radius 2 is 1.80 bits per heavy atom. The Morgan fingerprint density at radius 1 is 1.02 bits per heavy atom. The fraction of sp³-hybridized carbons (Fsp3) is 0.258. The van der Waals surface area contributed by atoms with Crippen molar-refractivity contribution in [3.05, 3.63) is 90.8 Å². The second-order valence-electron chi connectivity index (χ2n) is 9.32. The summed E-state index contributed by atoms with van der Waals surface area (Å²) in [7, 11) is 0. The molecule has 1 saturated heterocycles. The smallest absolute Gasteiger partial charge is 0.335 e. The predicted molar refractivity (Wildman–Crippen MR) is 161 cm³/mol. The van der Waals surface area contributed by atoms with Crippen molar-refractivity contribution in [2.75, 3.05) is 49.7 Å². The number of aliphatic carboxylic acids is 1. The van der Waals surface area contributed by atoms with Gasteiger partial charge in [0.25, 0.3) is 0 Å². The largest absolute Gasteiger partial charge is 0.478 e. The molecule has 3 aromatic carbocycles. The van der Waals surface area contributed by atoms with E-state index >= 15 is 0 Å². The lowest BCUT2D eigenvalue weighted by Gasteiger charge is -2.26. The molecule has 40 heavy (non-hydrogen) atoms. The summed E-state index contributed by atoms with van der Waals surface area (Å²) in [5, 5.41) is 14.0. The summed E-state index contributed by atoms with van der Waals surface area (Å²) < 4.78 is 11.3. The topological polar surface area (TPSA) is 96.8 Å². The fourth-order valence-corrected chi connectivity index (χ4v) is 5.25. The summed E-state index contributed by atoms with van der Waals surface area (Å²) in [6.07, 6.45) is 4.37. The summed E-state index contributed by atoms with van der Waals surface area (Å²) in [6.45, 7) is 4.65. The van der Waals surface area contributed by atoms with E-state index in [0.29, 0.717) is 17.1 Å². The molecule has 9 heteroatoms. The second-order valence-corrected chi connectivity index (χ2v) is 10.5. The molecule has 206 valence electrons. The normalized spacial score (nSPS) is 14.2. The second kappa shape index (κ2) is 13.9. The van der Waals surface area contributed by atoms with Crippen LogP contribution in [0.4, 0.5) is 11.5 Å². The molecule has 5 rings (SSSR count). The molecular weight excluding hydrogens is 524 g/mol. The highest BCUT2D eigenvalue weighted by Gasteiger charge is 2.14. The van der Waals surface area contributed by atoms with Gasteiger partial charge in [0.05, 0.1) is 24.3 Å². The Bertz CT molecular complexity index is 1440. The van der Waals surface area contributed by atoms with Gasteiger partial charge in [0, 0.05) is 29.9 Å². The number of carbonyl (C=O) groups is 1. The number of thioether (sulfide) groups is 1. The summed E-state index contributed by atoms with van der Waals surface area (Å²) in [5.74, 6) is 2.76. The Balaban J connectivity index is 1.24. The molecular formula is C31H32N4O4S. The van der Waals surface area contributed by atoms with Crippen molar-refractivity contribution in [3.63, 3.8) is 0 Å². The molecule has 0 unspecified atom stereocenters. The molecule has 4 aromatic rings.